The van der Waals surface area contributed by atoms with Gasteiger partial charge in [0.25, 0.3) is 10.0 Å². The van der Waals surface area contributed by atoms with Gasteiger partial charge in [0.1, 0.15) is 11.6 Å². The van der Waals surface area contributed by atoms with Gasteiger partial charge in [0.15, 0.2) is 0 Å². The molecule has 5 nitrogen and oxygen atoms in total. The van der Waals surface area contributed by atoms with Crippen molar-refractivity contribution in [2.75, 3.05) is 16.6 Å². The number of anilines is 2. The Morgan fingerprint density at radius 3 is 2.76 bits per heavy atom. The maximum atomic E-state index is 13.7. The van der Waals surface area contributed by atoms with Crippen molar-refractivity contribution in [3.8, 4) is 0 Å². The van der Waals surface area contributed by atoms with Gasteiger partial charge in [0.05, 0.1) is 10.6 Å². The van der Waals surface area contributed by atoms with Crippen molar-refractivity contribution >= 4 is 37.5 Å². The van der Waals surface area contributed by atoms with E-state index < -0.39 is 15.8 Å². The van der Waals surface area contributed by atoms with Gasteiger partial charge in [0.2, 0.25) is 0 Å². The number of benzene rings is 1. The first-order chi connectivity index (χ1) is 9.94. The molecule has 0 saturated carbocycles. The zero-order valence-corrected chi connectivity index (χ0v) is 13.5. The first-order valence-corrected chi connectivity index (χ1v) is 8.38. The molecule has 2 aromatic rings. The zero-order chi connectivity index (χ0) is 15.5. The predicted octanol–water partition coefficient (Wildman–Crippen LogP) is 3.22. The van der Waals surface area contributed by atoms with E-state index in [0.29, 0.717) is 16.8 Å². The predicted molar refractivity (Wildman–Crippen MR) is 83.3 cm³/mol. The van der Waals surface area contributed by atoms with Crippen LogP contribution in [0.5, 0.6) is 0 Å². The maximum absolute atomic E-state index is 13.7. The molecule has 1 aromatic carbocycles. The molecular formula is C13H13BrFN3O2S. The third-order valence-corrected chi connectivity index (χ3v) is 4.61. The minimum Gasteiger partial charge on any atom is -0.370 e. The van der Waals surface area contributed by atoms with Gasteiger partial charge in [0, 0.05) is 23.3 Å². The lowest BCUT2D eigenvalue weighted by Gasteiger charge is -2.11. The number of rotatable bonds is 5. The number of nitrogens with one attached hydrogen (secondary N) is 2. The average molecular weight is 374 g/mol. The molecule has 8 heteroatoms. The van der Waals surface area contributed by atoms with Crippen LogP contribution in [0, 0.1) is 5.82 Å². The molecule has 2 N–H and O–H groups in total. The lowest BCUT2D eigenvalue weighted by atomic mass is 10.3. The monoisotopic (exact) mass is 373 g/mol. The third kappa shape index (κ3) is 3.70. The average Bonchev–Trinajstić information content (AvgIpc) is 2.44. The molecule has 0 saturated heterocycles. The number of halogens is 2. The first kappa shape index (κ1) is 15.7. The van der Waals surface area contributed by atoms with E-state index in [0.717, 1.165) is 0 Å². The summed E-state index contributed by atoms with van der Waals surface area (Å²) >= 11 is 3.12. The minimum absolute atomic E-state index is 0.00334. The highest BCUT2D eigenvalue weighted by Gasteiger charge is 2.18. The molecule has 0 aliphatic carbocycles. The van der Waals surface area contributed by atoms with Crippen LogP contribution in [0.1, 0.15) is 6.92 Å². The summed E-state index contributed by atoms with van der Waals surface area (Å²) in [6, 6.07) is 6.95. The number of nitrogens with zero attached hydrogens (tertiary/aromatic N) is 1. The van der Waals surface area contributed by atoms with Crippen molar-refractivity contribution in [2.45, 2.75) is 11.8 Å². The van der Waals surface area contributed by atoms with E-state index in [1.807, 2.05) is 6.92 Å². The van der Waals surface area contributed by atoms with Crippen LogP contribution >= 0.6 is 15.9 Å². The molecule has 1 heterocycles. The summed E-state index contributed by atoms with van der Waals surface area (Å²) < 4.78 is 40.9. The van der Waals surface area contributed by atoms with Gasteiger partial charge in [-0.25, -0.2) is 17.8 Å². The molecule has 21 heavy (non-hydrogen) atoms. The molecule has 2 rings (SSSR count). The Kier molecular flexibility index (Phi) is 4.79. The molecule has 0 amide bonds. The summed E-state index contributed by atoms with van der Waals surface area (Å²) in [5, 5.41) is 2.92. The summed E-state index contributed by atoms with van der Waals surface area (Å²) in [5.41, 5.74) is -0.126. The molecule has 0 bridgehead atoms. The van der Waals surface area contributed by atoms with Crippen LogP contribution in [0.3, 0.4) is 0 Å². The van der Waals surface area contributed by atoms with Gasteiger partial charge < -0.3 is 5.32 Å². The topological polar surface area (TPSA) is 71.1 Å². The third-order valence-electron chi connectivity index (χ3n) is 2.60. The fourth-order valence-electron chi connectivity index (χ4n) is 1.64. The highest BCUT2D eigenvalue weighted by molar-refractivity contribution is 9.10. The van der Waals surface area contributed by atoms with E-state index in [-0.39, 0.29) is 10.6 Å². The first-order valence-electron chi connectivity index (χ1n) is 6.11. The normalized spacial score (nSPS) is 11.2. The Labute approximate surface area is 130 Å². The Morgan fingerprint density at radius 2 is 2.10 bits per heavy atom. The van der Waals surface area contributed by atoms with Gasteiger partial charge in [-0.1, -0.05) is 6.07 Å². The number of pyridine rings is 1. The molecule has 0 aliphatic rings. The summed E-state index contributed by atoms with van der Waals surface area (Å²) in [5.74, 6) is -0.220. The van der Waals surface area contributed by atoms with Gasteiger partial charge in [-0.15, -0.1) is 0 Å². The molecular weight excluding hydrogens is 361 g/mol. The zero-order valence-electron chi connectivity index (χ0n) is 11.1. The molecule has 0 spiro atoms. The number of para-hydroxylation sites is 1. The Morgan fingerprint density at radius 1 is 1.33 bits per heavy atom. The van der Waals surface area contributed by atoms with Crippen LogP contribution in [-0.2, 0) is 10.0 Å². The maximum Gasteiger partial charge on any atom is 0.262 e. The van der Waals surface area contributed by atoms with Gasteiger partial charge in [-0.2, -0.15) is 0 Å². The van der Waals surface area contributed by atoms with E-state index in [9.17, 15) is 12.8 Å². The lowest BCUT2D eigenvalue weighted by molar-refractivity contribution is 0.598. The number of hydrogen-bond donors (Lipinski definition) is 2. The van der Waals surface area contributed by atoms with Crippen molar-refractivity contribution in [2.24, 2.45) is 0 Å². The highest BCUT2D eigenvalue weighted by atomic mass is 79.9. The molecule has 0 unspecified atom stereocenters. The summed E-state index contributed by atoms with van der Waals surface area (Å²) in [4.78, 5) is 4.00. The van der Waals surface area contributed by atoms with E-state index in [1.54, 1.807) is 6.07 Å². The van der Waals surface area contributed by atoms with E-state index in [4.69, 9.17) is 0 Å². The quantitative estimate of drug-likeness (QED) is 0.843. The molecule has 0 fully saturated rings. The standard InChI is InChI=1S/C13H13BrFN3O2S/c1-2-16-12-8-9(6-7-17-12)21(19,20)18-13-10(14)4-3-5-11(13)15/h3-8,18H,2H2,1H3,(H,16,17). The SMILES string of the molecule is CCNc1cc(S(=O)(=O)Nc2c(F)cccc2Br)ccn1. The summed E-state index contributed by atoms with van der Waals surface area (Å²) in [6.45, 7) is 2.49. The smallest absolute Gasteiger partial charge is 0.262 e. The minimum atomic E-state index is -3.90. The Bertz CT molecular complexity index is 733. The van der Waals surface area contributed by atoms with Crippen molar-refractivity contribution in [3.05, 3.63) is 46.8 Å². The Balaban J connectivity index is 2.36. The van der Waals surface area contributed by atoms with Crippen molar-refractivity contribution in [1.82, 2.24) is 4.98 Å². The van der Waals surface area contributed by atoms with Crippen LogP contribution in [-0.4, -0.2) is 19.9 Å². The van der Waals surface area contributed by atoms with Crippen molar-refractivity contribution in [3.63, 3.8) is 0 Å². The second kappa shape index (κ2) is 6.40. The van der Waals surface area contributed by atoms with Crippen molar-refractivity contribution < 1.29 is 12.8 Å². The number of aromatic nitrogens is 1. The van der Waals surface area contributed by atoms with E-state index in [1.165, 1.54) is 30.5 Å². The Hall–Kier alpha value is -1.67. The van der Waals surface area contributed by atoms with Crippen molar-refractivity contribution in [1.29, 1.82) is 0 Å². The van der Waals surface area contributed by atoms with Crippen LogP contribution in [0.4, 0.5) is 15.9 Å². The fourth-order valence-corrected chi connectivity index (χ4v) is 3.32. The molecule has 0 radical (unpaired) electrons. The van der Waals surface area contributed by atoms with Crippen LogP contribution in [0.15, 0.2) is 45.9 Å². The van der Waals surface area contributed by atoms with Crippen LogP contribution in [0.25, 0.3) is 0 Å². The summed E-state index contributed by atoms with van der Waals surface area (Å²) in [7, 11) is -3.90. The second-order valence-corrected chi connectivity index (χ2v) is 6.65. The largest absolute Gasteiger partial charge is 0.370 e. The van der Waals surface area contributed by atoms with Gasteiger partial charge >= 0.3 is 0 Å². The number of hydrogen-bond acceptors (Lipinski definition) is 4. The van der Waals surface area contributed by atoms with Gasteiger partial charge in [-0.3, -0.25) is 4.72 Å². The molecule has 0 atom stereocenters. The van der Waals surface area contributed by atoms with E-state index >= 15 is 0 Å². The van der Waals surface area contributed by atoms with E-state index in [2.05, 4.69) is 31.0 Å². The molecule has 1 aromatic heterocycles. The van der Waals surface area contributed by atoms with Crippen LogP contribution < -0.4 is 10.0 Å². The second-order valence-electron chi connectivity index (χ2n) is 4.11. The molecule has 0 aliphatic heterocycles. The molecule has 112 valence electrons. The highest BCUT2D eigenvalue weighted by Crippen LogP contribution is 2.27. The van der Waals surface area contributed by atoms with Gasteiger partial charge in [-0.05, 0) is 41.1 Å². The van der Waals surface area contributed by atoms with Crippen LogP contribution in [0.2, 0.25) is 0 Å². The fraction of sp³-hybridized carbons (Fsp3) is 0.154. The number of sulfonamides is 1. The summed E-state index contributed by atoms with van der Waals surface area (Å²) in [6.07, 6.45) is 1.38. The lowest BCUT2D eigenvalue weighted by Crippen LogP contribution is -2.15.